The molecule has 0 spiro atoms. The Morgan fingerprint density at radius 3 is 2.38 bits per heavy atom. The van der Waals surface area contributed by atoms with Crippen LogP contribution in [0.15, 0.2) is 53.4 Å². The lowest BCUT2D eigenvalue weighted by molar-refractivity contribution is -0.120. The number of anilines is 1. The van der Waals surface area contributed by atoms with Crippen LogP contribution in [0.3, 0.4) is 0 Å². The van der Waals surface area contributed by atoms with Crippen LogP contribution < -0.4 is 5.32 Å². The molecule has 0 aliphatic rings. The van der Waals surface area contributed by atoms with Crippen molar-refractivity contribution in [1.82, 2.24) is 4.90 Å². The van der Waals surface area contributed by atoms with E-state index in [1.807, 2.05) is 44.5 Å². The zero-order valence-electron chi connectivity index (χ0n) is 14.9. The van der Waals surface area contributed by atoms with Crippen molar-refractivity contribution in [2.45, 2.75) is 37.8 Å². The summed E-state index contributed by atoms with van der Waals surface area (Å²) in [7, 11) is 1.98. The van der Waals surface area contributed by atoms with Crippen LogP contribution in [0, 0.1) is 0 Å². The number of nitrogens with zero attached hydrogens (tertiary/aromatic N) is 1. The predicted molar refractivity (Wildman–Crippen MR) is 104 cm³/mol. The fourth-order valence-corrected chi connectivity index (χ4v) is 3.04. The van der Waals surface area contributed by atoms with Crippen molar-refractivity contribution in [2.24, 2.45) is 0 Å². The lowest BCUT2D eigenvalue weighted by Gasteiger charge is -2.24. The van der Waals surface area contributed by atoms with Gasteiger partial charge in [0.1, 0.15) is 0 Å². The Morgan fingerprint density at radius 2 is 1.75 bits per heavy atom. The van der Waals surface area contributed by atoms with Gasteiger partial charge in [-0.1, -0.05) is 43.3 Å². The van der Waals surface area contributed by atoms with E-state index in [0.717, 1.165) is 23.5 Å². The molecule has 0 heterocycles. The van der Waals surface area contributed by atoms with Crippen LogP contribution in [0.2, 0.25) is 0 Å². The number of rotatable bonds is 7. The third-order valence-electron chi connectivity index (χ3n) is 4.27. The smallest absolute Gasteiger partial charge is 0.241 e. The van der Waals surface area contributed by atoms with E-state index in [-0.39, 0.29) is 11.9 Å². The summed E-state index contributed by atoms with van der Waals surface area (Å²) in [4.78, 5) is 15.7. The molecule has 0 aliphatic heterocycles. The summed E-state index contributed by atoms with van der Waals surface area (Å²) in [6.45, 7) is 4.85. The lowest BCUT2D eigenvalue weighted by Crippen LogP contribution is -2.39. The molecule has 1 unspecified atom stereocenters. The molecule has 1 amide bonds. The first-order valence-electron chi connectivity index (χ1n) is 8.27. The van der Waals surface area contributed by atoms with Crippen molar-refractivity contribution in [2.75, 3.05) is 18.6 Å². The molecule has 0 radical (unpaired) electrons. The maximum absolute atomic E-state index is 12.6. The van der Waals surface area contributed by atoms with Gasteiger partial charge in [-0.2, -0.15) is 0 Å². The summed E-state index contributed by atoms with van der Waals surface area (Å²) in [5.41, 5.74) is 3.43. The van der Waals surface area contributed by atoms with Crippen LogP contribution in [-0.2, 0) is 17.8 Å². The van der Waals surface area contributed by atoms with E-state index in [1.54, 1.807) is 11.8 Å². The lowest BCUT2D eigenvalue weighted by atomic mass is 10.1. The monoisotopic (exact) mass is 342 g/mol. The Bertz CT molecular complexity index is 670. The summed E-state index contributed by atoms with van der Waals surface area (Å²) < 4.78 is 0. The largest absolute Gasteiger partial charge is 0.324 e. The summed E-state index contributed by atoms with van der Waals surface area (Å²) in [5, 5.41) is 3.04. The number of benzene rings is 2. The van der Waals surface area contributed by atoms with Crippen molar-refractivity contribution in [3.63, 3.8) is 0 Å². The molecule has 0 saturated heterocycles. The Morgan fingerprint density at radius 1 is 1.12 bits per heavy atom. The molecule has 4 heteroatoms. The highest BCUT2D eigenvalue weighted by Gasteiger charge is 2.19. The van der Waals surface area contributed by atoms with Gasteiger partial charge in [0, 0.05) is 11.4 Å². The van der Waals surface area contributed by atoms with Gasteiger partial charge in [-0.05, 0) is 49.9 Å². The van der Waals surface area contributed by atoms with Gasteiger partial charge in [0.05, 0.1) is 11.7 Å². The molecule has 128 valence electrons. The molecule has 0 fully saturated rings. The molecule has 0 saturated carbocycles. The van der Waals surface area contributed by atoms with Gasteiger partial charge in [0.25, 0.3) is 0 Å². The predicted octanol–water partition coefficient (Wildman–Crippen LogP) is 4.43. The first kappa shape index (κ1) is 18.6. The standard InChI is InChI=1S/C20H26N2OS/c1-5-16-10-12-17(13-11-16)14-22(3)15(2)20(23)21-18-8-6-7-9-19(18)24-4/h6-13,15H,5,14H2,1-4H3,(H,21,23). The Balaban J connectivity index is 1.98. The van der Waals surface area contributed by atoms with Crippen molar-refractivity contribution in [3.8, 4) is 0 Å². The fourth-order valence-electron chi connectivity index (χ4n) is 2.49. The number of amides is 1. The molecule has 1 atom stereocenters. The highest BCUT2D eigenvalue weighted by atomic mass is 32.2. The minimum Gasteiger partial charge on any atom is -0.324 e. The van der Waals surface area contributed by atoms with Gasteiger partial charge in [-0.25, -0.2) is 0 Å². The number of para-hydroxylation sites is 1. The highest BCUT2D eigenvalue weighted by molar-refractivity contribution is 7.98. The van der Waals surface area contributed by atoms with E-state index in [0.29, 0.717) is 0 Å². The van der Waals surface area contributed by atoms with Gasteiger partial charge < -0.3 is 5.32 Å². The number of hydrogen-bond donors (Lipinski definition) is 1. The van der Waals surface area contributed by atoms with Crippen LogP contribution in [0.25, 0.3) is 0 Å². The molecule has 0 bridgehead atoms. The number of nitrogens with one attached hydrogen (secondary N) is 1. The third-order valence-corrected chi connectivity index (χ3v) is 5.06. The Kier molecular flexibility index (Phi) is 6.88. The SMILES string of the molecule is CCc1ccc(CN(C)C(C)C(=O)Nc2ccccc2SC)cc1. The first-order chi connectivity index (χ1) is 11.5. The second-order valence-corrected chi connectivity index (χ2v) is 6.80. The van der Waals surface area contributed by atoms with Crippen LogP contribution >= 0.6 is 11.8 Å². The summed E-state index contributed by atoms with van der Waals surface area (Å²) >= 11 is 1.64. The number of likely N-dealkylation sites (N-methyl/N-ethyl adjacent to an activating group) is 1. The molecular weight excluding hydrogens is 316 g/mol. The number of carbonyl (C=O) groups excluding carboxylic acids is 1. The molecule has 2 aromatic rings. The van der Waals surface area contributed by atoms with E-state index in [1.165, 1.54) is 11.1 Å². The normalized spacial score (nSPS) is 12.2. The minimum atomic E-state index is -0.203. The highest BCUT2D eigenvalue weighted by Crippen LogP contribution is 2.25. The third kappa shape index (κ3) is 4.86. The quantitative estimate of drug-likeness (QED) is 0.756. The second-order valence-electron chi connectivity index (χ2n) is 5.95. The molecule has 0 aromatic heterocycles. The Labute approximate surface area is 149 Å². The van der Waals surface area contributed by atoms with E-state index in [9.17, 15) is 4.79 Å². The molecule has 3 nitrogen and oxygen atoms in total. The average molecular weight is 343 g/mol. The van der Waals surface area contributed by atoms with Gasteiger partial charge in [0.2, 0.25) is 5.91 Å². The molecular formula is C20H26N2OS. The molecule has 1 N–H and O–H groups in total. The first-order valence-corrected chi connectivity index (χ1v) is 9.49. The number of carbonyl (C=O) groups is 1. The summed E-state index contributed by atoms with van der Waals surface area (Å²) in [5.74, 6) is 0.0178. The van der Waals surface area contributed by atoms with E-state index >= 15 is 0 Å². The number of thioether (sulfide) groups is 1. The van der Waals surface area contributed by atoms with Crippen LogP contribution in [-0.4, -0.2) is 30.2 Å². The summed E-state index contributed by atoms with van der Waals surface area (Å²) in [6.07, 6.45) is 3.06. The van der Waals surface area contributed by atoms with Gasteiger partial charge in [-0.15, -0.1) is 11.8 Å². The van der Waals surface area contributed by atoms with Crippen LogP contribution in [0.4, 0.5) is 5.69 Å². The van der Waals surface area contributed by atoms with E-state index in [4.69, 9.17) is 0 Å². The molecule has 24 heavy (non-hydrogen) atoms. The molecule has 0 aliphatic carbocycles. The van der Waals surface area contributed by atoms with E-state index in [2.05, 4.69) is 41.4 Å². The van der Waals surface area contributed by atoms with Crippen LogP contribution in [0.1, 0.15) is 25.0 Å². The van der Waals surface area contributed by atoms with Crippen molar-refractivity contribution < 1.29 is 4.79 Å². The topological polar surface area (TPSA) is 32.3 Å². The number of aryl methyl sites for hydroxylation is 1. The van der Waals surface area contributed by atoms with Crippen molar-refractivity contribution in [1.29, 1.82) is 0 Å². The minimum absolute atomic E-state index is 0.0178. The van der Waals surface area contributed by atoms with Crippen molar-refractivity contribution >= 4 is 23.4 Å². The van der Waals surface area contributed by atoms with Gasteiger partial charge >= 0.3 is 0 Å². The maximum atomic E-state index is 12.6. The second kappa shape index (κ2) is 8.90. The fraction of sp³-hybridized carbons (Fsp3) is 0.350. The van der Waals surface area contributed by atoms with Crippen LogP contribution in [0.5, 0.6) is 0 Å². The van der Waals surface area contributed by atoms with Gasteiger partial charge in [-0.3, -0.25) is 9.69 Å². The maximum Gasteiger partial charge on any atom is 0.241 e. The van der Waals surface area contributed by atoms with Crippen molar-refractivity contribution in [3.05, 3.63) is 59.7 Å². The zero-order valence-corrected chi connectivity index (χ0v) is 15.7. The summed E-state index contributed by atoms with van der Waals surface area (Å²) in [6, 6.07) is 16.3. The number of hydrogen-bond acceptors (Lipinski definition) is 3. The van der Waals surface area contributed by atoms with E-state index < -0.39 is 0 Å². The molecule has 2 aromatic carbocycles. The average Bonchev–Trinajstić information content (AvgIpc) is 2.62. The molecule has 2 rings (SSSR count). The Hall–Kier alpha value is -1.78. The zero-order chi connectivity index (χ0) is 17.5. The van der Waals surface area contributed by atoms with Gasteiger partial charge in [0.15, 0.2) is 0 Å².